The Morgan fingerprint density at radius 1 is 1.08 bits per heavy atom. The zero-order valence-electron chi connectivity index (χ0n) is 14.6. The van der Waals surface area contributed by atoms with Gasteiger partial charge in [0.1, 0.15) is 18.1 Å². The second-order valence-corrected chi connectivity index (χ2v) is 6.20. The van der Waals surface area contributed by atoms with Crippen molar-refractivity contribution in [3.05, 3.63) is 66.2 Å². The SMILES string of the molecule is CNCc1cc(N2CCOC2=O)ccc1Oc1ccc2ccccc2c1. The Morgan fingerprint density at radius 3 is 2.69 bits per heavy atom. The topological polar surface area (TPSA) is 50.8 Å². The van der Waals surface area contributed by atoms with Gasteiger partial charge >= 0.3 is 6.09 Å². The first kappa shape index (κ1) is 16.4. The van der Waals surface area contributed by atoms with Gasteiger partial charge in [-0.1, -0.05) is 30.3 Å². The highest BCUT2D eigenvalue weighted by Gasteiger charge is 2.24. The van der Waals surface area contributed by atoms with Crippen LogP contribution in [0.3, 0.4) is 0 Å². The molecule has 1 fully saturated rings. The average molecular weight is 348 g/mol. The number of fused-ring (bicyclic) bond motifs is 1. The Bertz CT molecular complexity index is 955. The Labute approximate surface area is 152 Å². The van der Waals surface area contributed by atoms with Gasteiger partial charge in [-0.05, 0) is 48.2 Å². The van der Waals surface area contributed by atoms with Gasteiger partial charge < -0.3 is 14.8 Å². The van der Waals surface area contributed by atoms with Crippen molar-refractivity contribution >= 4 is 22.6 Å². The van der Waals surface area contributed by atoms with E-state index in [9.17, 15) is 4.79 Å². The molecular formula is C21H20N2O3. The number of nitrogens with one attached hydrogen (secondary N) is 1. The number of anilines is 1. The summed E-state index contributed by atoms with van der Waals surface area (Å²) in [6.07, 6.45) is -0.302. The van der Waals surface area contributed by atoms with Gasteiger partial charge in [0.05, 0.1) is 6.54 Å². The van der Waals surface area contributed by atoms with E-state index in [2.05, 4.69) is 23.5 Å². The molecule has 0 unspecified atom stereocenters. The van der Waals surface area contributed by atoms with E-state index in [1.54, 1.807) is 4.90 Å². The number of amides is 1. The number of nitrogens with zero attached hydrogens (tertiary/aromatic N) is 1. The van der Waals surface area contributed by atoms with Crippen molar-refractivity contribution in [1.29, 1.82) is 0 Å². The Kier molecular flexibility index (Phi) is 4.46. The molecular weight excluding hydrogens is 328 g/mol. The third-order valence-electron chi connectivity index (χ3n) is 4.43. The normalized spacial score (nSPS) is 13.9. The fraction of sp³-hybridized carbons (Fsp3) is 0.190. The lowest BCUT2D eigenvalue weighted by atomic mass is 10.1. The maximum atomic E-state index is 11.8. The number of rotatable bonds is 5. The van der Waals surface area contributed by atoms with Gasteiger partial charge in [0, 0.05) is 17.8 Å². The molecule has 1 aliphatic rings. The highest BCUT2D eigenvalue weighted by atomic mass is 16.6. The number of benzene rings is 3. The zero-order chi connectivity index (χ0) is 17.9. The van der Waals surface area contributed by atoms with Gasteiger partial charge in [-0.25, -0.2) is 4.79 Å². The second-order valence-electron chi connectivity index (χ2n) is 6.20. The number of hydrogen-bond donors (Lipinski definition) is 1. The number of cyclic esters (lactones) is 1. The van der Waals surface area contributed by atoms with Crippen molar-refractivity contribution < 1.29 is 14.3 Å². The molecule has 132 valence electrons. The minimum Gasteiger partial charge on any atom is -0.457 e. The van der Waals surface area contributed by atoms with E-state index in [0.29, 0.717) is 19.7 Å². The van der Waals surface area contributed by atoms with Gasteiger partial charge in [0.15, 0.2) is 0 Å². The van der Waals surface area contributed by atoms with Crippen LogP contribution in [0.1, 0.15) is 5.56 Å². The van der Waals surface area contributed by atoms with Crippen molar-refractivity contribution in [2.24, 2.45) is 0 Å². The second kappa shape index (κ2) is 7.06. The van der Waals surface area contributed by atoms with E-state index < -0.39 is 0 Å². The van der Waals surface area contributed by atoms with Crippen molar-refractivity contribution in [1.82, 2.24) is 5.32 Å². The third-order valence-corrected chi connectivity index (χ3v) is 4.43. The van der Waals surface area contributed by atoms with Crippen molar-refractivity contribution in [3.63, 3.8) is 0 Å². The molecule has 5 heteroatoms. The molecule has 1 saturated heterocycles. The fourth-order valence-corrected chi connectivity index (χ4v) is 3.15. The van der Waals surface area contributed by atoms with E-state index in [-0.39, 0.29) is 6.09 Å². The summed E-state index contributed by atoms with van der Waals surface area (Å²) in [5.41, 5.74) is 1.81. The van der Waals surface area contributed by atoms with Crippen molar-refractivity contribution in [2.75, 3.05) is 25.1 Å². The zero-order valence-corrected chi connectivity index (χ0v) is 14.6. The van der Waals surface area contributed by atoms with Crippen LogP contribution in [0.25, 0.3) is 10.8 Å². The molecule has 0 bridgehead atoms. The smallest absolute Gasteiger partial charge is 0.414 e. The average Bonchev–Trinajstić information content (AvgIpc) is 3.09. The number of carbonyl (C=O) groups excluding carboxylic acids is 1. The van der Waals surface area contributed by atoms with Gasteiger partial charge in [-0.3, -0.25) is 4.90 Å². The maximum Gasteiger partial charge on any atom is 0.414 e. The van der Waals surface area contributed by atoms with E-state index in [1.807, 2.05) is 49.5 Å². The summed E-state index contributed by atoms with van der Waals surface area (Å²) < 4.78 is 11.2. The highest BCUT2D eigenvalue weighted by molar-refractivity contribution is 5.89. The summed E-state index contributed by atoms with van der Waals surface area (Å²) in [6, 6.07) is 20.0. The molecule has 4 rings (SSSR count). The molecule has 0 aliphatic carbocycles. The predicted molar refractivity (Wildman–Crippen MR) is 102 cm³/mol. The molecule has 1 amide bonds. The highest BCUT2D eigenvalue weighted by Crippen LogP contribution is 2.31. The third kappa shape index (κ3) is 3.21. The van der Waals surface area contributed by atoms with Gasteiger partial charge in [-0.15, -0.1) is 0 Å². The number of carbonyl (C=O) groups is 1. The molecule has 0 atom stereocenters. The van der Waals surface area contributed by atoms with Crippen LogP contribution in [-0.4, -0.2) is 26.3 Å². The molecule has 3 aromatic rings. The van der Waals surface area contributed by atoms with Crippen LogP contribution in [0, 0.1) is 0 Å². The first-order valence-corrected chi connectivity index (χ1v) is 8.63. The van der Waals surface area contributed by atoms with Crippen molar-refractivity contribution in [3.8, 4) is 11.5 Å². The van der Waals surface area contributed by atoms with Crippen LogP contribution < -0.4 is 15.0 Å². The lowest BCUT2D eigenvalue weighted by molar-refractivity contribution is 0.181. The lowest BCUT2D eigenvalue weighted by Gasteiger charge is -2.17. The molecule has 3 aromatic carbocycles. The molecule has 0 aromatic heterocycles. The molecule has 1 N–H and O–H groups in total. The van der Waals surface area contributed by atoms with E-state index >= 15 is 0 Å². The fourth-order valence-electron chi connectivity index (χ4n) is 3.15. The Morgan fingerprint density at radius 2 is 1.92 bits per heavy atom. The maximum absolute atomic E-state index is 11.8. The monoisotopic (exact) mass is 348 g/mol. The van der Waals surface area contributed by atoms with Crippen LogP contribution in [0.15, 0.2) is 60.7 Å². The molecule has 26 heavy (non-hydrogen) atoms. The van der Waals surface area contributed by atoms with Crippen LogP contribution in [0.2, 0.25) is 0 Å². The molecule has 1 heterocycles. The van der Waals surface area contributed by atoms with Crippen LogP contribution in [0.5, 0.6) is 11.5 Å². The van der Waals surface area contributed by atoms with E-state index in [0.717, 1.165) is 28.1 Å². The summed E-state index contributed by atoms with van der Waals surface area (Å²) in [6.45, 7) is 1.64. The molecule has 1 aliphatic heterocycles. The Balaban J connectivity index is 1.64. The number of hydrogen-bond acceptors (Lipinski definition) is 4. The predicted octanol–water partition coefficient (Wildman–Crippen LogP) is 4.31. The molecule has 0 saturated carbocycles. The molecule has 5 nitrogen and oxygen atoms in total. The lowest BCUT2D eigenvalue weighted by Crippen LogP contribution is -2.23. The molecule has 0 spiro atoms. The minimum atomic E-state index is -0.302. The minimum absolute atomic E-state index is 0.302. The largest absolute Gasteiger partial charge is 0.457 e. The van der Waals surface area contributed by atoms with Gasteiger partial charge in [0.2, 0.25) is 0 Å². The summed E-state index contributed by atoms with van der Waals surface area (Å²) in [5.74, 6) is 1.56. The summed E-state index contributed by atoms with van der Waals surface area (Å²) in [7, 11) is 1.89. The summed E-state index contributed by atoms with van der Waals surface area (Å²) in [4.78, 5) is 13.4. The summed E-state index contributed by atoms with van der Waals surface area (Å²) in [5, 5.41) is 5.47. The van der Waals surface area contributed by atoms with E-state index in [4.69, 9.17) is 9.47 Å². The molecule has 0 radical (unpaired) electrons. The van der Waals surface area contributed by atoms with Gasteiger partial charge in [-0.2, -0.15) is 0 Å². The van der Waals surface area contributed by atoms with E-state index in [1.165, 1.54) is 5.39 Å². The first-order valence-electron chi connectivity index (χ1n) is 8.63. The van der Waals surface area contributed by atoms with Crippen LogP contribution in [0.4, 0.5) is 10.5 Å². The van der Waals surface area contributed by atoms with Crippen molar-refractivity contribution in [2.45, 2.75) is 6.54 Å². The standard InChI is InChI=1S/C21H20N2O3/c1-22-14-17-12-18(23-10-11-25-21(23)24)7-9-20(17)26-19-8-6-15-4-2-3-5-16(15)13-19/h2-9,12-13,22H,10-11,14H2,1H3. The van der Waals surface area contributed by atoms with Gasteiger partial charge in [0.25, 0.3) is 0 Å². The number of ether oxygens (including phenoxy) is 2. The summed E-state index contributed by atoms with van der Waals surface area (Å²) >= 11 is 0. The van der Waals surface area contributed by atoms with Crippen LogP contribution >= 0.6 is 0 Å². The quantitative estimate of drug-likeness (QED) is 0.746. The Hall–Kier alpha value is -3.05. The first-order chi connectivity index (χ1) is 12.7. The van der Waals surface area contributed by atoms with Crippen LogP contribution in [-0.2, 0) is 11.3 Å².